The summed E-state index contributed by atoms with van der Waals surface area (Å²) < 4.78 is 0. The molecule has 110 valence electrons. The maximum Gasteiger partial charge on any atom is 0.254 e. The van der Waals surface area contributed by atoms with Crippen LogP contribution in [0.15, 0.2) is 30.3 Å². The Hall–Kier alpha value is -1.43. The number of carbonyl (C=O) groups excluding carboxylic acids is 1. The summed E-state index contributed by atoms with van der Waals surface area (Å²) in [6, 6.07) is 9.74. The van der Waals surface area contributed by atoms with E-state index in [1.807, 2.05) is 35.8 Å². The first-order valence-corrected chi connectivity index (χ1v) is 7.16. The second-order valence-corrected chi connectivity index (χ2v) is 5.36. The molecule has 0 aliphatic carbocycles. The minimum Gasteiger partial charge on any atom is -0.330 e. The Morgan fingerprint density at radius 3 is 2.85 bits per heavy atom. The molecule has 1 aliphatic rings. The zero-order valence-corrected chi connectivity index (χ0v) is 11.6. The van der Waals surface area contributed by atoms with Crippen LogP contribution in [0.1, 0.15) is 24.8 Å². The molecule has 0 aromatic heterocycles. The number of piperidine rings is 1. The van der Waals surface area contributed by atoms with Crippen molar-refractivity contribution < 1.29 is 10.0 Å². The molecule has 1 heterocycles. The maximum atomic E-state index is 12.4. The van der Waals surface area contributed by atoms with E-state index in [0.717, 1.165) is 31.5 Å². The average Bonchev–Trinajstić information content (AvgIpc) is 2.53. The fourth-order valence-corrected chi connectivity index (χ4v) is 3.30. The molecular formula is C15H23N3O2. The summed E-state index contributed by atoms with van der Waals surface area (Å²) in [7, 11) is 0. The van der Waals surface area contributed by atoms with Crippen molar-refractivity contribution in [3.8, 4) is 0 Å². The number of benzene rings is 1. The summed E-state index contributed by atoms with van der Waals surface area (Å²) in [5.74, 6) is -0.179. The third-order valence-corrected chi connectivity index (χ3v) is 4.34. The van der Waals surface area contributed by atoms with Gasteiger partial charge in [0.1, 0.15) is 0 Å². The molecule has 0 radical (unpaired) electrons. The van der Waals surface area contributed by atoms with Gasteiger partial charge in [0.2, 0.25) is 0 Å². The van der Waals surface area contributed by atoms with E-state index < -0.39 is 5.41 Å². The van der Waals surface area contributed by atoms with Crippen molar-refractivity contribution in [2.45, 2.75) is 24.7 Å². The van der Waals surface area contributed by atoms with Crippen LogP contribution in [0.3, 0.4) is 0 Å². The van der Waals surface area contributed by atoms with Crippen LogP contribution in [0.2, 0.25) is 0 Å². The summed E-state index contributed by atoms with van der Waals surface area (Å²) in [4.78, 5) is 12.4. The molecule has 20 heavy (non-hydrogen) atoms. The normalized spacial score (nSPS) is 26.2. The molecule has 2 unspecified atom stereocenters. The Morgan fingerprint density at radius 1 is 1.45 bits per heavy atom. The summed E-state index contributed by atoms with van der Waals surface area (Å²) in [5, 5.41) is 12.6. The number of hydrogen-bond acceptors (Lipinski definition) is 4. The van der Waals surface area contributed by atoms with Crippen LogP contribution in [0.5, 0.6) is 0 Å². The molecular weight excluding hydrogens is 254 g/mol. The Morgan fingerprint density at radius 2 is 2.20 bits per heavy atom. The van der Waals surface area contributed by atoms with Gasteiger partial charge in [-0.3, -0.25) is 10.0 Å². The number of carbonyl (C=O) groups is 1. The lowest BCUT2D eigenvalue weighted by Gasteiger charge is -2.43. The van der Waals surface area contributed by atoms with Gasteiger partial charge in [0, 0.05) is 0 Å². The number of hydrogen-bond donors (Lipinski definition) is 4. The monoisotopic (exact) mass is 277 g/mol. The van der Waals surface area contributed by atoms with Crippen LogP contribution >= 0.6 is 0 Å². The number of amides is 1. The van der Waals surface area contributed by atoms with Gasteiger partial charge < -0.3 is 11.1 Å². The van der Waals surface area contributed by atoms with Gasteiger partial charge in [0.25, 0.3) is 5.91 Å². The highest BCUT2D eigenvalue weighted by molar-refractivity contribution is 5.88. The van der Waals surface area contributed by atoms with Gasteiger partial charge in [-0.15, -0.1) is 0 Å². The van der Waals surface area contributed by atoms with Crippen LogP contribution in [0, 0.1) is 5.92 Å². The van der Waals surface area contributed by atoms with Crippen LogP contribution in [0.4, 0.5) is 0 Å². The third-order valence-electron chi connectivity index (χ3n) is 4.34. The van der Waals surface area contributed by atoms with Gasteiger partial charge in [-0.05, 0) is 50.4 Å². The van der Waals surface area contributed by atoms with Gasteiger partial charge in [-0.25, -0.2) is 5.48 Å². The Labute approximate surface area is 119 Å². The molecule has 5 heteroatoms. The zero-order chi connectivity index (χ0) is 14.4. The highest BCUT2D eigenvalue weighted by Crippen LogP contribution is 2.40. The van der Waals surface area contributed by atoms with E-state index in [4.69, 9.17) is 5.73 Å². The van der Waals surface area contributed by atoms with E-state index in [2.05, 4.69) is 5.32 Å². The Kier molecular flexibility index (Phi) is 5.11. The van der Waals surface area contributed by atoms with Gasteiger partial charge in [-0.1, -0.05) is 30.3 Å². The molecule has 0 saturated carbocycles. The summed E-state index contributed by atoms with van der Waals surface area (Å²) >= 11 is 0. The summed E-state index contributed by atoms with van der Waals surface area (Å²) in [5.41, 5.74) is 7.79. The third kappa shape index (κ3) is 2.70. The number of nitrogens with two attached hydrogens (primary N) is 1. The second-order valence-electron chi connectivity index (χ2n) is 5.36. The minimum atomic E-state index is -0.670. The molecule has 2 atom stereocenters. The molecule has 1 saturated heterocycles. The van der Waals surface area contributed by atoms with Gasteiger partial charge in [0.15, 0.2) is 0 Å². The topological polar surface area (TPSA) is 87.4 Å². The summed E-state index contributed by atoms with van der Waals surface area (Å²) in [6.45, 7) is 2.14. The number of rotatable bonds is 5. The lowest BCUT2D eigenvalue weighted by atomic mass is 9.64. The molecule has 5 N–H and O–H groups in total. The first-order chi connectivity index (χ1) is 9.75. The molecule has 2 rings (SSSR count). The lowest BCUT2D eigenvalue weighted by molar-refractivity contribution is -0.138. The molecule has 1 fully saturated rings. The van der Waals surface area contributed by atoms with Crippen molar-refractivity contribution in [1.29, 1.82) is 0 Å². The standard InChI is InChI=1S/C15H23N3O2/c16-9-4-7-13-11-17-10-8-15(13,14(19)18-20)12-5-2-1-3-6-12/h1-3,5-6,13,17,20H,4,7-11,16H2,(H,18,19). The lowest BCUT2D eigenvalue weighted by Crippen LogP contribution is -2.56. The molecule has 0 spiro atoms. The summed E-state index contributed by atoms with van der Waals surface area (Å²) in [6.07, 6.45) is 2.42. The van der Waals surface area contributed by atoms with Gasteiger partial charge >= 0.3 is 0 Å². The van der Waals surface area contributed by atoms with Crippen molar-refractivity contribution in [3.05, 3.63) is 35.9 Å². The van der Waals surface area contributed by atoms with Crippen LogP contribution in [-0.4, -0.2) is 30.7 Å². The average molecular weight is 277 g/mol. The highest BCUT2D eigenvalue weighted by Gasteiger charge is 2.47. The molecule has 1 aromatic carbocycles. The second kappa shape index (κ2) is 6.83. The Bertz CT molecular complexity index is 438. The first-order valence-electron chi connectivity index (χ1n) is 7.16. The van der Waals surface area contributed by atoms with Crippen molar-refractivity contribution >= 4 is 5.91 Å². The van der Waals surface area contributed by atoms with E-state index in [1.54, 1.807) is 0 Å². The van der Waals surface area contributed by atoms with E-state index >= 15 is 0 Å². The fourth-order valence-electron chi connectivity index (χ4n) is 3.30. The molecule has 1 amide bonds. The van der Waals surface area contributed by atoms with Crippen molar-refractivity contribution in [3.63, 3.8) is 0 Å². The minimum absolute atomic E-state index is 0.134. The molecule has 1 aliphatic heterocycles. The van der Waals surface area contributed by atoms with Crippen molar-refractivity contribution in [2.24, 2.45) is 11.7 Å². The highest BCUT2D eigenvalue weighted by atomic mass is 16.5. The van der Waals surface area contributed by atoms with E-state index in [0.29, 0.717) is 13.0 Å². The van der Waals surface area contributed by atoms with Gasteiger partial charge in [0.05, 0.1) is 5.41 Å². The quantitative estimate of drug-likeness (QED) is 0.473. The Balaban J connectivity index is 2.40. The molecule has 1 aromatic rings. The van der Waals surface area contributed by atoms with Crippen LogP contribution in [0.25, 0.3) is 0 Å². The van der Waals surface area contributed by atoms with E-state index in [1.165, 1.54) is 0 Å². The largest absolute Gasteiger partial charge is 0.330 e. The zero-order valence-electron chi connectivity index (χ0n) is 11.6. The molecule has 0 bridgehead atoms. The SMILES string of the molecule is NCCCC1CNCCC1(C(=O)NO)c1ccccc1. The molecule has 5 nitrogen and oxygen atoms in total. The fraction of sp³-hybridized carbons (Fsp3) is 0.533. The number of hydroxylamine groups is 1. The predicted molar refractivity (Wildman–Crippen MR) is 77.3 cm³/mol. The van der Waals surface area contributed by atoms with E-state index in [9.17, 15) is 10.0 Å². The van der Waals surface area contributed by atoms with Gasteiger partial charge in [-0.2, -0.15) is 0 Å². The van der Waals surface area contributed by atoms with Crippen LogP contribution < -0.4 is 16.5 Å². The predicted octanol–water partition coefficient (Wildman–Crippen LogP) is 0.778. The van der Waals surface area contributed by atoms with E-state index in [-0.39, 0.29) is 11.8 Å². The number of nitrogens with one attached hydrogen (secondary N) is 2. The smallest absolute Gasteiger partial charge is 0.254 e. The van der Waals surface area contributed by atoms with Crippen molar-refractivity contribution in [1.82, 2.24) is 10.8 Å². The first kappa shape index (κ1) is 15.0. The van der Waals surface area contributed by atoms with Crippen molar-refractivity contribution in [2.75, 3.05) is 19.6 Å². The maximum absolute atomic E-state index is 12.4. The van der Waals surface area contributed by atoms with Crippen LogP contribution in [-0.2, 0) is 10.2 Å².